The van der Waals surface area contributed by atoms with Gasteiger partial charge in [0, 0.05) is 30.5 Å². The molecule has 0 fully saturated rings. The Morgan fingerprint density at radius 1 is 1.09 bits per heavy atom. The molecule has 1 atom stereocenters. The van der Waals surface area contributed by atoms with Crippen LogP contribution in [0, 0.1) is 6.92 Å². The molecule has 0 aliphatic carbocycles. The number of amides is 2. The SMILES string of the molecule is COc1cc(S(=O)(=O)NNC(=O)C(C)Oc2ccc3c(C)cc(=O)oc3c2)ccc1NC(C)=O. The lowest BCUT2D eigenvalue weighted by molar-refractivity contribution is -0.127. The largest absolute Gasteiger partial charge is 0.495 e. The normalized spacial score (nSPS) is 12.1. The lowest BCUT2D eigenvalue weighted by atomic mass is 10.1. The molecule has 0 bridgehead atoms. The van der Waals surface area contributed by atoms with Gasteiger partial charge in [-0.1, -0.05) is 0 Å². The van der Waals surface area contributed by atoms with E-state index in [4.69, 9.17) is 13.9 Å². The number of methoxy groups -OCH3 is 1. The van der Waals surface area contributed by atoms with Crippen LogP contribution in [-0.4, -0.2) is 33.4 Å². The van der Waals surface area contributed by atoms with Crippen molar-refractivity contribution >= 4 is 38.5 Å². The molecule has 0 spiro atoms. The van der Waals surface area contributed by atoms with Crippen molar-refractivity contribution in [3.63, 3.8) is 0 Å². The maximum atomic E-state index is 12.6. The molecule has 3 N–H and O–H groups in total. The van der Waals surface area contributed by atoms with E-state index >= 15 is 0 Å². The molecule has 180 valence electrons. The molecule has 34 heavy (non-hydrogen) atoms. The maximum absolute atomic E-state index is 12.6. The first kappa shape index (κ1) is 24.7. The number of ether oxygens (including phenoxy) is 2. The lowest BCUT2D eigenvalue weighted by Crippen LogP contribution is -2.47. The second kappa shape index (κ2) is 9.93. The Kier molecular flexibility index (Phi) is 7.23. The van der Waals surface area contributed by atoms with Crippen LogP contribution in [0.25, 0.3) is 11.0 Å². The Morgan fingerprint density at radius 3 is 2.50 bits per heavy atom. The summed E-state index contributed by atoms with van der Waals surface area (Å²) in [6.07, 6.45) is -1.09. The summed E-state index contributed by atoms with van der Waals surface area (Å²) in [7, 11) is -2.83. The highest BCUT2D eigenvalue weighted by Gasteiger charge is 2.21. The number of aryl methyl sites for hydroxylation is 1. The number of rotatable bonds is 8. The number of carbonyl (C=O) groups excluding carboxylic acids is 2. The van der Waals surface area contributed by atoms with Crippen molar-refractivity contribution in [2.45, 2.75) is 31.8 Å². The number of hydrogen-bond donors (Lipinski definition) is 3. The monoisotopic (exact) mass is 489 g/mol. The van der Waals surface area contributed by atoms with Crippen molar-refractivity contribution in [1.82, 2.24) is 10.3 Å². The highest BCUT2D eigenvalue weighted by Crippen LogP contribution is 2.27. The third-order valence-corrected chi connectivity index (χ3v) is 5.95. The molecule has 2 aromatic carbocycles. The summed E-state index contributed by atoms with van der Waals surface area (Å²) in [4.78, 5) is 37.0. The number of fused-ring (bicyclic) bond motifs is 1. The van der Waals surface area contributed by atoms with E-state index in [1.807, 2.05) is 4.83 Å². The molecule has 12 heteroatoms. The van der Waals surface area contributed by atoms with Crippen molar-refractivity contribution in [1.29, 1.82) is 0 Å². The molecule has 0 saturated heterocycles. The van der Waals surface area contributed by atoms with E-state index in [1.54, 1.807) is 19.1 Å². The number of anilines is 1. The van der Waals surface area contributed by atoms with Gasteiger partial charge in [0.25, 0.3) is 15.9 Å². The third kappa shape index (κ3) is 5.71. The number of hydrogen-bond acceptors (Lipinski definition) is 8. The Hall–Kier alpha value is -3.90. The highest BCUT2D eigenvalue weighted by molar-refractivity contribution is 7.89. The minimum atomic E-state index is -4.16. The molecule has 3 rings (SSSR count). The van der Waals surface area contributed by atoms with Gasteiger partial charge in [-0.25, -0.2) is 13.2 Å². The van der Waals surface area contributed by atoms with Gasteiger partial charge in [-0.15, -0.1) is 4.83 Å². The van der Waals surface area contributed by atoms with Gasteiger partial charge in [-0.2, -0.15) is 0 Å². The van der Waals surface area contributed by atoms with Crippen molar-refractivity contribution in [2.75, 3.05) is 12.4 Å². The molecule has 1 unspecified atom stereocenters. The predicted octanol–water partition coefficient (Wildman–Crippen LogP) is 1.85. The van der Waals surface area contributed by atoms with Crippen molar-refractivity contribution < 1.29 is 31.9 Å². The number of sulfonamides is 1. The first-order chi connectivity index (χ1) is 16.0. The van der Waals surface area contributed by atoms with Gasteiger partial charge in [0.05, 0.1) is 17.7 Å². The van der Waals surface area contributed by atoms with E-state index in [0.717, 1.165) is 10.9 Å². The topological polar surface area (TPSA) is 153 Å². The average molecular weight is 490 g/mol. The smallest absolute Gasteiger partial charge is 0.336 e. The molecule has 1 heterocycles. The fourth-order valence-corrected chi connectivity index (χ4v) is 3.91. The quantitative estimate of drug-likeness (QED) is 0.320. The van der Waals surface area contributed by atoms with Crippen LogP contribution in [-0.2, 0) is 19.6 Å². The van der Waals surface area contributed by atoms with Gasteiger partial charge in [0.1, 0.15) is 17.1 Å². The molecule has 11 nitrogen and oxygen atoms in total. The summed E-state index contributed by atoms with van der Waals surface area (Å²) in [5.74, 6) is -0.738. The van der Waals surface area contributed by atoms with Crippen LogP contribution in [0.3, 0.4) is 0 Å². The van der Waals surface area contributed by atoms with Crippen LogP contribution in [0.2, 0.25) is 0 Å². The first-order valence-corrected chi connectivity index (χ1v) is 11.5. The summed E-state index contributed by atoms with van der Waals surface area (Å²) in [5.41, 5.74) is 2.91. The van der Waals surface area contributed by atoms with Gasteiger partial charge in [0.2, 0.25) is 5.91 Å². The Morgan fingerprint density at radius 2 is 1.82 bits per heavy atom. The molecular formula is C22H23N3O8S. The maximum Gasteiger partial charge on any atom is 0.336 e. The number of hydrazine groups is 1. The zero-order valence-corrected chi connectivity index (χ0v) is 19.6. The van der Waals surface area contributed by atoms with Crippen LogP contribution >= 0.6 is 0 Å². The van der Waals surface area contributed by atoms with Crippen molar-refractivity contribution in [2.24, 2.45) is 0 Å². The molecule has 0 radical (unpaired) electrons. The van der Waals surface area contributed by atoms with Crippen LogP contribution in [0.15, 0.2) is 56.6 Å². The number of nitrogens with one attached hydrogen (secondary N) is 3. The predicted molar refractivity (Wildman–Crippen MR) is 123 cm³/mol. The molecule has 0 aliphatic rings. The van der Waals surface area contributed by atoms with Crippen LogP contribution in [0.1, 0.15) is 19.4 Å². The van der Waals surface area contributed by atoms with Crippen LogP contribution in [0.5, 0.6) is 11.5 Å². The van der Waals surface area contributed by atoms with Crippen LogP contribution < -0.4 is 30.7 Å². The lowest BCUT2D eigenvalue weighted by Gasteiger charge is -2.16. The molecule has 0 saturated carbocycles. The molecular weight excluding hydrogens is 466 g/mol. The molecule has 0 aliphatic heterocycles. The van der Waals surface area contributed by atoms with Crippen LogP contribution in [0.4, 0.5) is 5.69 Å². The van der Waals surface area contributed by atoms with E-state index in [-0.39, 0.29) is 22.3 Å². The Labute approximate surface area is 195 Å². The average Bonchev–Trinajstić information content (AvgIpc) is 2.76. The summed E-state index contributed by atoms with van der Waals surface area (Å²) in [5, 5.41) is 3.24. The highest BCUT2D eigenvalue weighted by atomic mass is 32.2. The summed E-state index contributed by atoms with van der Waals surface area (Å²) in [6.45, 7) is 4.50. The van der Waals surface area contributed by atoms with Crippen molar-refractivity contribution in [3.05, 3.63) is 58.4 Å². The molecule has 1 aromatic heterocycles. The summed E-state index contributed by atoms with van der Waals surface area (Å²) in [6, 6.07) is 9.94. The fourth-order valence-electron chi connectivity index (χ4n) is 3.05. The first-order valence-electron chi connectivity index (χ1n) is 9.98. The van der Waals surface area contributed by atoms with Gasteiger partial charge in [0.15, 0.2) is 6.10 Å². The Bertz CT molecular complexity index is 1420. The van der Waals surface area contributed by atoms with Gasteiger partial charge in [-0.05, 0) is 43.7 Å². The van der Waals surface area contributed by atoms with Gasteiger partial charge >= 0.3 is 5.63 Å². The second-order valence-corrected chi connectivity index (χ2v) is 8.99. The Balaban J connectivity index is 1.68. The second-order valence-electron chi connectivity index (χ2n) is 7.30. The standard InChI is InChI=1S/C22H23N3O8S/c1-12-9-21(27)33-19-10-15(5-7-17(12)19)32-13(2)22(28)24-25-34(29,30)16-6-8-18(23-14(3)26)20(11-16)31-4/h5-11,13,25H,1-4H3,(H,23,26)(H,24,28). The molecule has 3 aromatic rings. The van der Waals surface area contributed by atoms with E-state index in [1.165, 1.54) is 51.3 Å². The van der Waals surface area contributed by atoms with E-state index in [9.17, 15) is 22.8 Å². The summed E-state index contributed by atoms with van der Waals surface area (Å²) >= 11 is 0. The van der Waals surface area contributed by atoms with Crippen molar-refractivity contribution in [3.8, 4) is 11.5 Å². The van der Waals surface area contributed by atoms with E-state index in [2.05, 4.69) is 10.7 Å². The minimum Gasteiger partial charge on any atom is -0.495 e. The summed E-state index contributed by atoms with van der Waals surface area (Å²) < 4.78 is 41.0. The van der Waals surface area contributed by atoms with Gasteiger partial charge in [-0.3, -0.25) is 15.0 Å². The van der Waals surface area contributed by atoms with Gasteiger partial charge < -0.3 is 19.2 Å². The van der Waals surface area contributed by atoms with E-state index in [0.29, 0.717) is 11.3 Å². The van der Waals surface area contributed by atoms with E-state index < -0.39 is 27.7 Å². The molecule has 2 amide bonds. The fraction of sp³-hybridized carbons (Fsp3) is 0.227. The third-order valence-electron chi connectivity index (χ3n) is 4.71. The minimum absolute atomic E-state index is 0.124. The zero-order valence-electron chi connectivity index (χ0n) is 18.8. The number of carbonyl (C=O) groups is 2. The zero-order chi connectivity index (χ0) is 25.0. The number of benzene rings is 2.